The summed E-state index contributed by atoms with van der Waals surface area (Å²) in [5, 5.41) is 21.2. The highest BCUT2D eigenvalue weighted by Crippen LogP contribution is 2.51. The number of nitrogens with one attached hydrogen (secondary N) is 1. The van der Waals surface area contributed by atoms with Crippen molar-refractivity contribution < 1.29 is 9.90 Å². The lowest BCUT2D eigenvalue weighted by Crippen LogP contribution is -2.37. The molecule has 3 aromatic rings. The van der Waals surface area contributed by atoms with Gasteiger partial charge in [-0.25, -0.2) is 0 Å². The molecule has 2 N–H and O–H groups in total. The van der Waals surface area contributed by atoms with Crippen LogP contribution in [0.3, 0.4) is 0 Å². The first-order chi connectivity index (χ1) is 13.0. The molecule has 1 heterocycles. The van der Waals surface area contributed by atoms with Crippen molar-refractivity contribution in [3.8, 4) is 0 Å². The van der Waals surface area contributed by atoms with Gasteiger partial charge in [0.25, 0.3) is 0 Å². The molecule has 1 unspecified atom stereocenters. The van der Waals surface area contributed by atoms with E-state index >= 15 is 0 Å². The molecule has 1 amide bonds. The first kappa shape index (κ1) is 17.8. The Morgan fingerprint density at radius 1 is 1.30 bits per heavy atom. The molecule has 27 heavy (non-hydrogen) atoms. The van der Waals surface area contributed by atoms with Gasteiger partial charge in [0.2, 0.25) is 11.0 Å². The second kappa shape index (κ2) is 6.87. The monoisotopic (exact) mass is 379 g/mol. The first-order valence-corrected chi connectivity index (χ1v) is 9.80. The molecule has 1 aliphatic carbocycles. The topological polar surface area (TPSA) is 75.1 Å². The van der Waals surface area contributed by atoms with Crippen molar-refractivity contribution in [1.29, 1.82) is 0 Å². The maximum absolute atomic E-state index is 13.3. The lowest BCUT2D eigenvalue weighted by molar-refractivity contribution is -0.125. The number of amides is 1. The zero-order valence-corrected chi connectivity index (χ0v) is 16.0. The van der Waals surface area contributed by atoms with Crippen LogP contribution in [0.4, 0.5) is 5.13 Å². The highest BCUT2D eigenvalue weighted by molar-refractivity contribution is 7.13. The molecule has 1 aliphatic rings. The quantitative estimate of drug-likeness (QED) is 0.720. The Balaban J connectivity index is 1.80. The summed E-state index contributed by atoms with van der Waals surface area (Å²) in [6.07, 6.45) is 0.0842. The van der Waals surface area contributed by atoms with E-state index in [1.165, 1.54) is 11.3 Å². The number of benzene rings is 2. The Bertz CT molecular complexity index is 957. The summed E-state index contributed by atoms with van der Waals surface area (Å²) in [5.41, 5.74) is 5.15. The number of aliphatic hydroxyl groups excluding tert-OH is 1. The fourth-order valence-corrected chi connectivity index (χ4v) is 4.46. The van der Waals surface area contributed by atoms with Gasteiger partial charge >= 0.3 is 0 Å². The molecule has 0 fully saturated rings. The number of hydrogen-bond donors (Lipinski definition) is 2. The number of anilines is 1. The van der Waals surface area contributed by atoms with Crippen molar-refractivity contribution in [3.05, 3.63) is 76.3 Å². The summed E-state index contributed by atoms with van der Waals surface area (Å²) in [6, 6.07) is 16.1. The molecule has 1 aromatic heterocycles. The molecule has 6 heteroatoms. The van der Waals surface area contributed by atoms with E-state index < -0.39 is 11.5 Å². The molecule has 0 saturated heterocycles. The van der Waals surface area contributed by atoms with Gasteiger partial charge in [-0.15, -0.1) is 10.2 Å². The van der Waals surface area contributed by atoms with E-state index in [0.717, 1.165) is 22.3 Å². The van der Waals surface area contributed by atoms with Crippen LogP contribution < -0.4 is 5.32 Å². The summed E-state index contributed by atoms with van der Waals surface area (Å²) in [7, 11) is 0. The number of hydrogen-bond acceptors (Lipinski definition) is 5. The molecular weight excluding hydrogens is 358 g/mol. The predicted molar refractivity (Wildman–Crippen MR) is 106 cm³/mol. The molecule has 0 radical (unpaired) electrons. The highest BCUT2D eigenvalue weighted by Gasteiger charge is 2.49. The Labute approximate surface area is 162 Å². The fraction of sp³-hybridized carbons (Fsp3) is 0.286. The molecule has 0 spiro atoms. The lowest BCUT2D eigenvalue weighted by atomic mass is 9.73. The standard InChI is InChI=1S/C21H21N3O2S/c1-13(25)15-8-9-16-11-21(2,19(26)23-20-24-22-12-27-20)18(17(16)10-15)14-6-4-3-5-7-14/h3-10,12-13,18,25H,11H2,1-2H3,(H,23,24,26)/t13?,18-,21+/m0/s1. The van der Waals surface area contributed by atoms with Crippen LogP contribution in [-0.2, 0) is 11.2 Å². The Morgan fingerprint density at radius 2 is 2.07 bits per heavy atom. The minimum Gasteiger partial charge on any atom is -0.389 e. The summed E-state index contributed by atoms with van der Waals surface area (Å²) in [6.45, 7) is 3.76. The van der Waals surface area contributed by atoms with Crippen molar-refractivity contribution in [2.45, 2.75) is 32.3 Å². The summed E-state index contributed by atoms with van der Waals surface area (Å²) in [5.74, 6) is -0.164. The average molecular weight is 379 g/mol. The van der Waals surface area contributed by atoms with Gasteiger partial charge in [-0.3, -0.25) is 4.79 Å². The number of aliphatic hydroxyl groups is 1. The minimum atomic E-state index is -0.660. The van der Waals surface area contributed by atoms with Gasteiger partial charge in [-0.1, -0.05) is 59.9 Å². The second-order valence-corrected chi connectivity index (χ2v) is 8.10. The van der Waals surface area contributed by atoms with E-state index in [1.54, 1.807) is 12.4 Å². The van der Waals surface area contributed by atoms with Crippen LogP contribution in [-0.4, -0.2) is 21.2 Å². The van der Waals surface area contributed by atoms with E-state index in [2.05, 4.69) is 27.6 Å². The van der Waals surface area contributed by atoms with Crippen LogP contribution >= 0.6 is 11.3 Å². The van der Waals surface area contributed by atoms with E-state index in [-0.39, 0.29) is 11.8 Å². The maximum Gasteiger partial charge on any atom is 0.233 e. The van der Waals surface area contributed by atoms with Gasteiger partial charge in [0.05, 0.1) is 11.5 Å². The van der Waals surface area contributed by atoms with E-state index in [0.29, 0.717) is 11.6 Å². The van der Waals surface area contributed by atoms with Crippen molar-refractivity contribution in [2.24, 2.45) is 5.41 Å². The van der Waals surface area contributed by atoms with Gasteiger partial charge < -0.3 is 10.4 Å². The zero-order chi connectivity index (χ0) is 19.0. The third-order valence-corrected chi connectivity index (χ3v) is 6.00. The molecular formula is C21H21N3O2S. The number of aromatic nitrogens is 2. The Morgan fingerprint density at radius 3 is 2.74 bits per heavy atom. The highest BCUT2D eigenvalue weighted by atomic mass is 32.1. The predicted octanol–water partition coefficient (Wildman–Crippen LogP) is 3.92. The summed E-state index contributed by atoms with van der Waals surface area (Å²) >= 11 is 1.31. The van der Waals surface area contributed by atoms with Crippen molar-refractivity contribution in [3.63, 3.8) is 0 Å². The van der Waals surface area contributed by atoms with Crippen molar-refractivity contribution >= 4 is 22.4 Å². The smallest absolute Gasteiger partial charge is 0.233 e. The minimum absolute atomic E-state index is 0.0668. The van der Waals surface area contributed by atoms with Crippen LogP contribution in [0.25, 0.3) is 0 Å². The number of carbonyl (C=O) groups is 1. The Hall–Kier alpha value is -2.57. The molecule has 5 nitrogen and oxygen atoms in total. The van der Waals surface area contributed by atoms with E-state index in [9.17, 15) is 9.90 Å². The number of rotatable bonds is 4. The molecule has 4 rings (SSSR count). The Kier molecular flexibility index (Phi) is 4.53. The third kappa shape index (κ3) is 3.15. The average Bonchev–Trinajstić information content (AvgIpc) is 3.27. The van der Waals surface area contributed by atoms with Crippen LogP contribution in [0.5, 0.6) is 0 Å². The SMILES string of the molecule is CC(O)c1ccc2c(c1)[C@H](c1ccccc1)[C@](C)(C(=O)Nc1nncs1)C2. The van der Waals surface area contributed by atoms with Crippen LogP contribution in [0.1, 0.15) is 48.1 Å². The van der Waals surface area contributed by atoms with Gasteiger partial charge in [-0.05, 0) is 42.5 Å². The summed E-state index contributed by atoms with van der Waals surface area (Å²) < 4.78 is 0. The largest absolute Gasteiger partial charge is 0.389 e. The maximum atomic E-state index is 13.3. The van der Waals surface area contributed by atoms with Gasteiger partial charge in [0, 0.05) is 5.92 Å². The fourth-order valence-electron chi connectivity index (χ4n) is 4.02. The second-order valence-electron chi connectivity index (χ2n) is 7.27. The molecule has 0 bridgehead atoms. The van der Waals surface area contributed by atoms with Crippen LogP contribution in [0, 0.1) is 5.41 Å². The first-order valence-electron chi connectivity index (χ1n) is 8.92. The lowest BCUT2D eigenvalue weighted by Gasteiger charge is -2.31. The molecule has 2 aromatic carbocycles. The van der Waals surface area contributed by atoms with Gasteiger partial charge in [-0.2, -0.15) is 0 Å². The zero-order valence-electron chi connectivity index (χ0n) is 15.2. The molecule has 0 saturated carbocycles. The molecule has 3 atom stereocenters. The number of nitrogens with zero attached hydrogens (tertiary/aromatic N) is 2. The van der Waals surface area contributed by atoms with Crippen LogP contribution in [0.2, 0.25) is 0 Å². The van der Waals surface area contributed by atoms with Gasteiger partial charge in [0.1, 0.15) is 5.51 Å². The third-order valence-electron chi connectivity index (χ3n) is 5.39. The molecule has 0 aliphatic heterocycles. The molecule has 138 valence electrons. The normalized spacial score (nSPS) is 22.3. The van der Waals surface area contributed by atoms with Crippen molar-refractivity contribution in [1.82, 2.24) is 10.2 Å². The van der Waals surface area contributed by atoms with E-state index in [1.807, 2.05) is 43.3 Å². The van der Waals surface area contributed by atoms with Crippen LogP contribution in [0.15, 0.2) is 54.0 Å². The van der Waals surface area contributed by atoms with E-state index in [4.69, 9.17) is 0 Å². The van der Waals surface area contributed by atoms with Crippen molar-refractivity contribution in [2.75, 3.05) is 5.32 Å². The number of fused-ring (bicyclic) bond motifs is 1. The number of carbonyl (C=O) groups excluding carboxylic acids is 1. The van der Waals surface area contributed by atoms with Gasteiger partial charge in [0.15, 0.2) is 0 Å². The summed E-state index contributed by atoms with van der Waals surface area (Å²) in [4.78, 5) is 13.3.